The Morgan fingerprint density at radius 1 is 1.19 bits per heavy atom. The number of benzene rings is 2. The van der Waals surface area contributed by atoms with Crippen molar-refractivity contribution in [2.45, 2.75) is 44.7 Å². The number of hydrogen-bond donors (Lipinski definition) is 1. The molecule has 1 fully saturated rings. The normalized spacial score (nSPS) is 14.1. The molecule has 1 aromatic heterocycles. The summed E-state index contributed by atoms with van der Waals surface area (Å²) in [6.45, 7) is 1.40. The molecule has 0 radical (unpaired) electrons. The lowest BCUT2D eigenvalue weighted by molar-refractivity contribution is -0.384. The molecule has 0 aliphatic carbocycles. The van der Waals surface area contributed by atoms with Crippen molar-refractivity contribution >= 4 is 28.6 Å². The largest absolute Gasteiger partial charge is 0.496 e. The van der Waals surface area contributed by atoms with Crippen molar-refractivity contribution in [1.82, 2.24) is 14.8 Å². The van der Waals surface area contributed by atoms with E-state index in [-0.39, 0.29) is 48.5 Å². The van der Waals surface area contributed by atoms with E-state index in [0.29, 0.717) is 43.6 Å². The molecule has 2 aromatic carbocycles. The number of ether oxygens (including phenoxy) is 1. The van der Waals surface area contributed by atoms with E-state index >= 15 is 0 Å². The fourth-order valence-electron chi connectivity index (χ4n) is 4.47. The zero-order valence-corrected chi connectivity index (χ0v) is 20.0. The van der Waals surface area contributed by atoms with Gasteiger partial charge in [-0.2, -0.15) is 0 Å². The average Bonchev–Trinajstić information content (AvgIpc) is 3.18. The summed E-state index contributed by atoms with van der Waals surface area (Å²) in [5, 5.41) is 13.9. The van der Waals surface area contributed by atoms with Gasteiger partial charge in [0.15, 0.2) is 5.58 Å². The van der Waals surface area contributed by atoms with Crippen molar-refractivity contribution < 1.29 is 23.7 Å². The molecule has 190 valence electrons. The molecule has 0 unspecified atom stereocenters. The predicted octanol–water partition coefficient (Wildman–Crippen LogP) is 2.64. The van der Waals surface area contributed by atoms with Gasteiger partial charge in [-0.05, 0) is 31.4 Å². The molecule has 1 aliphatic heterocycles. The molecule has 0 atom stereocenters. The predicted molar refractivity (Wildman–Crippen MR) is 131 cm³/mol. The first-order chi connectivity index (χ1) is 17.4. The number of aromatic nitrogens is 1. The summed E-state index contributed by atoms with van der Waals surface area (Å²) in [7, 11) is 1.58. The molecule has 4 rings (SSSR count). The van der Waals surface area contributed by atoms with Crippen molar-refractivity contribution in [3.63, 3.8) is 0 Å². The monoisotopic (exact) mass is 496 g/mol. The van der Waals surface area contributed by atoms with Gasteiger partial charge in [0.2, 0.25) is 11.8 Å². The van der Waals surface area contributed by atoms with E-state index in [4.69, 9.17) is 9.15 Å². The van der Waals surface area contributed by atoms with Gasteiger partial charge in [0.1, 0.15) is 5.75 Å². The molecular formula is C25H28N4O7. The van der Waals surface area contributed by atoms with Crippen LogP contribution in [0.4, 0.5) is 5.69 Å². The van der Waals surface area contributed by atoms with E-state index in [1.807, 2.05) is 29.2 Å². The van der Waals surface area contributed by atoms with E-state index in [9.17, 15) is 24.5 Å². The molecule has 0 spiro atoms. The van der Waals surface area contributed by atoms with Crippen LogP contribution in [0.3, 0.4) is 0 Å². The second-order valence-corrected chi connectivity index (χ2v) is 8.74. The maximum absolute atomic E-state index is 12.7. The van der Waals surface area contributed by atoms with Crippen LogP contribution in [-0.2, 0) is 22.6 Å². The minimum absolute atomic E-state index is 0.00848. The Labute approximate surface area is 206 Å². The third kappa shape index (κ3) is 5.73. The lowest BCUT2D eigenvalue weighted by Gasteiger charge is -2.32. The van der Waals surface area contributed by atoms with Gasteiger partial charge in [-0.3, -0.25) is 24.3 Å². The van der Waals surface area contributed by atoms with Crippen molar-refractivity contribution in [3.8, 4) is 5.75 Å². The highest BCUT2D eigenvalue weighted by Gasteiger charge is 2.24. The average molecular weight is 497 g/mol. The van der Waals surface area contributed by atoms with E-state index in [2.05, 4.69) is 5.32 Å². The van der Waals surface area contributed by atoms with Crippen LogP contribution < -0.4 is 15.8 Å². The Kier molecular flexibility index (Phi) is 7.67. The number of nitrogens with zero attached hydrogens (tertiary/aromatic N) is 3. The van der Waals surface area contributed by atoms with Crippen molar-refractivity contribution in [1.29, 1.82) is 0 Å². The van der Waals surface area contributed by atoms with E-state index in [0.717, 1.165) is 5.56 Å². The number of fused-ring (bicyclic) bond motifs is 1. The topological polar surface area (TPSA) is 137 Å². The number of rotatable bonds is 9. The number of carbonyl (C=O) groups is 2. The molecule has 11 nitrogen and oxygen atoms in total. The first-order valence-corrected chi connectivity index (χ1v) is 11.8. The van der Waals surface area contributed by atoms with Crippen LogP contribution in [-0.4, -0.2) is 52.4 Å². The van der Waals surface area contributed by atoms with Crippen LogP contribution in [0.1, 0.15) is 31.2 Å². The Morgan fingerprint density at radius 2 is 1.94 bits per heavy atom. The summed E-state index contributed by atoms with van der Waals surface area (Å²) in [5.74, 6) is -0.00580. The zero-order chi connectivity index (χ0) is 25.7. The van der Waals surface area contributed by atoms with Crippen molar-refractivity contribution in [2.24, 2.45) is 0 Å². The number of aryl methyl sites for hydroxylation is 1. The SMILES string of the molecule is COc1ccccc1CC(=O)N1CCC(NC(=O)CCCn2c(=O)oc3cc([N+](=O)[O-])ccc32)CC1. The Bertz CT molecular complexity index is 1320. The van der Waals surface area contributed by atoms with Gasteiger partial charge in [0, 0.05) is 43.7 Å². The number of nitrogens with one attached hydrogen (secondary N) is 1. The minimum Gasteiger partial charge on any atom is -0.496 e. The number of para-hydroxylation sites is 1. The van der Waals surface area contributed by atoms with Crippen LogP contribution in [0, 0.1) is 10.1 Å². The van der Waals surface area contributed by atoms with Crippen LogP contribution in [0.2, 0.25) is 0 Å². The van der Waals surface area contributed by atoms with Gasteiger partial charge in [-0.15, -0.1) is 0 Å². The number of amides is 2. The summed E-state index contributed by atoms with van der Waals surface area (Å²) in [6, 6.07) is 11.5. The fourth-order valence-corrected chi connectivity index (χ4v) is 4.47. The van der Waals surface area contributed by atoms with Crippen LogP contribution in [0.15, 0.2) is 51.7 Å². The summed E-state index contributed by atoms with van der Waals surface area (Å²) < 4.78 is 11.8. The lowest BCUT2D eigenvalue weighted by atomic mass is 10.0. The molecule has 11 heteroatoms. The Hall–Kier alpha value is -4.15. The minimum atomic E-state index is -0.615. The third-order valence-electron chi connectivity index (χ3n) is 6.40. The molecule has 2 amide bonds. The molecular weight excluding hydrogens is 468 g/mol. The summed E-state index contributed by atoms with van der Waals surface area (Å²) in [4.78, 5) is 49.5. The number of non-ortho nitro benzene ring substituents is 1. The van der Waals surface area contributed by atoms with Crippen molar-refractivity contribution in [2.75, 3.05) is 20.2 Å². The van der Waals surface area contributed by atoms with Gasteiger partial charge < -0.3 is 19.4 Å². The highest BCUT2D eigenvalue weighted by molar-refractivity contribution is 5.80. The quantitative estimate of drug-likeness (QED) is 0.355. The number of piperidine rings is 1. The molecule has 1 saturated heterocycles. The highest BCUT2D eigenvalue weighted by atomic mass is 16.6. The molecule has 3 aromatic rings. The molecule has 1 aliphatic rings. The number of oxazole rings is 1. The summed E-state index contributed by atoms with van der Waals surface area (Å²) >= 11 is 0. The lowest BCUT2D eigenvalue weighted by Crippen LogP contribution is -2.47. The second kappa shape index (κ2) is 11.1. The van der Waals surface area contributed by atoms with E-state index in [1.54, 1.807) is 7.11 Å². The number of nitro groups is 1. The van der Waals surface area contributed by atoms with Gasteiger partial charge in [0.25, 0.3) is 5.69 Å². The Balaban J connectivity index is 1.22. The summed E-state index contributed by atoms with van der Waals surface area (Å²) in [5.41, 5.74) is 1.29. The zero-order valence-electron chi connectivity index (χ0n) is 20.0. The number of nitro benzene ring substituents is 1. The molecule has 0 saturated carbocycles. The maximum Gasteiger partial charge on any atom is 0.419 e. The Morgan fingerprint density at radius 3 is 2.67 bits per heavy atom. The standard InChI is InChI=1S/C25H28N4O7/c1-35-21-6-3-2-5-17(21)15-24(31)27-13-10-18(11-14-27)26-23(30)7-4-12-28-20-9-8-19(29(33)34)16-22(20)36-25(28)32/h2-3,5-6,8-9,16,18H,4,7,10-15H2,1H3,(H,26,30). The number of carbonyl (C=O) groups excluding carboxylic acids is 2. The maximum atomic E-state index is 12.7. The van der Waals surface area contributed by atoms with Crippen molar-refractivity contribution in [3.05, 3.63) is 68.7 Å². The van der Waals surface area contributed by atoms with Crippen LogP contribution >= 0.6 is 0 Å². The van der Waals surface area contributed by atoms with Gasteiger partial charge in [-0.1, -0.05) is 18.2 Å². The first kappa shape index (κ1) is 25.0. The number of methoxy groups -OCH3 is 1. The molecule has 0 bridgehead atoms. The highest BCUT2D eigenvalue weighted by Crippen LogP contribution is 2.21. The van der Waals surface area contributed by atoms with Crippen LogP contribution in [0.25, 0.3) is 11.1 Å². The fraction of sp³-hybridized carbons (Fsp3) is 0.400. The smallest absolute Gasteiger partial charge is 0.419 e. The van der Waals surface area contributed by atoms with Gasteiger partial charge in [-0.25, -0.2) is 4.79 Å². The number of likely N-dealkylation sites (tertiary alicyclic amines) is 1. The van der Waals surface area contributed by atoms with Crippen LogP contribution in [0.5, 0.6) is 5.75 Å². The number of hydrogen-bond acceptors (Lipinski definition) is 7. The summed E-state index contributed by atoms with van der Waals surface area (Å²) in [6.07, 6.45) is 2.26. The van der Waals surface area contributed by atoms with Gasteiger partial charge >= 0.3 is 5.76 Å². The molecule has 2 heterocycles. The third-order valence-corrected chi connectivity index (χ3v) is 6.40. The second-order valence-electron chi connectivity index (χ2n) is 8.74. The van der Waals surface area contributed by atoms with E-state index in [1.165, 1.54) is 22.8 Å². The molecule has 36 heavy (non-hydrogen) atoms. The van der Waals surface area contributed by atoms with Gasteiger partial charge in [0.05, 0.1) is 30.0 Å². The van der Waals surface area contributed by atoms with E-state index < -0.39 is 10.7 Å². The molecule has 1 N–H and O–H groups in total. The first-order valence-electron chi connectivity index (χ1n) is 11.8.